The average Bonchev–Trinajstić information content (AvgIpc) is 2.85. The Kier molecular flexibility index (Phi) is 4.90. The molecule has 5 nitrogen and oxygen atoms in total. The number of anilines is 1. The van der Waals surface area contributed by atoms with E-state index in [1.54, 1.807) is 4.90 Å². The van der Waals surface area contributed by atoms with Gasteiger partial charge in [-0.1, -0.05) is 31.3 Å². The molecule has 2 rings (SSSR count). The maximum Gasteiger partial charge on any atom is 0.414 e. The third kappa shape index (κ3) is 3.78. The molecule has 0 aromatic heterocycles. The van der Waals surface area contributed by atoms with E-state index in [2.05, 4.69) is 5.32 Å². The Bertz CT molecular complexity index is 557. The Morgan fingerprint density at radius 1 is 1.43 bits per heavy atom. The van der Waals surface area contributed by atoms with Crippen LogP contribution in [0.25, 0.3) is 0 Å². The Morgan fingerprint density at radius 3 is 2.67 bits per heavy atom. The molecular formula is C15H18N2O3S. The number of rotatable bonds is 5. The van der Waals surface area contributed by atoms with Crippen molar-refractivity contribution in [2.75, 3.05) is 18.0 Å². The molecule has 2 amide bonds. The normalized spacial score (nSPS) is 17.5. The van der Waals surface area contributed by atoms with Gasteiger partial charge >= 0.3 is 6.09 Å². The van der Waals surface area contributed by atoms with Gasteiger partial charge in [-0.2, -0.15) is 0 Å². The van der Waals surface area contributed by atoms with Crippen LogP contribution in [-0.2, 0) is 9.53 Å². The summed E-state index contributed by atoms with van der Waals surface area (Å²) in [7, 11) is 0. The molecule has 1 aromatic carbocycles. The predicted molar refractivity (Wildman–Crippen MR) is 84.7 cm³/mol. The van der Waals surface area contributed by atoms with Crippen molar-refractivity contribution in [1.82, 2.24) is 5.32 Å². The van der Waals surface area contributed by atoms with Crippen LogP contribution in [0.3, 0.4) is 0 Å². The minimum atomic E-state index is -0.392. The number of thiocarbonyl (C=S) groups is 1. The molecule has 1 N–H and O–H groups in total. The summed E-state index contributed by atoms with van der Waals surface area (Å²) in [5, 5.41) is 2.65. The SMILES string of the molecule is CCC(=S)c1ccc(N2CC(CNC(C)=O)OC2=O)cc1. The molecule has 1 aromatic rings. The fraction of sp³-hybridized carbons (Fsp3) is 0.400. The zero-order valence-corrected chi connectivity index (χ0v) is 12.9. The number of nitrogens with one attached hydrogen (secondary N) is 1. The molecule has 1 saturated heterocycles. The fourth-order valence-corrected chi connectivity index (χ4v) is 2.26. The van der Waals surface area contributed by atoms with Crippen molar-refractivity contribution in [2.45, 2.75) is 26.4 Å². The molecule has 1 aliphatic rings. The van der Waals surface area contributed by atoms with Crippen molar-refractivity contribution < 1.29 is 14.3 Å². The Balaban J connectivity index is 2.03. The van der Waals surface area contributed by atoms with Crippen LogP contribution in [0, 0.1) is 0 Å². The van der Waals surface area contributed by atoms with Crippen LogP contribution in [0.15, 0.2) is 24.3 Å². The first kappa shape index (κ1) is 15.4. The quantitative estimate of drug-likeness (QED) is 0.670. The molecule has 1 aliphatic heterocycles. The van der Waals surface area contributed by atoms with E-state index in [0.717, 1.165) is 22.5 Å². The Labute approximate surface area is 129 Å². The number of carbonyl (C=O) groups excluding carboxylic acids is 2. The number of hydrogen-bond acceptors (Lipinski definition) is 4. The van der Waals surface area contributed by atoms with Crippen LogP contribution in [0.4, 0.5) is 10.5 Å². The minimum Gasteiger partial charge on any atom is -0.442 e. The van der Waals surface area contributed by atoms with Crippen LogP contribution in [0.2, 0.25) is 0 Å². The lowest BCUT2D eigenvalue weighted by molar-refractivity contribution is -0.119. The molecular weight excluding hydrogens is 288 g/mol. The van der Waals surface area contributed by atoms with Gasteiger partial charge in [0.15, 0.2) is 0 Å². The van der Waals surface area contributed by atoms with Crippen molar-refractivity contribution in [3.63, 3.8) is 0 Å². The summed E-state index contributed by atoms with van der Waals surface area (Å²) in [5.74, 6) is -0.137. The summed E-state index contributed by atoms with van der Waals surface area (Å²) in [4.78, 5) is 25.2. The zero-order valence-electron chi connectivity index (χ0n) is 12.1. The van der Waals surface area contributed by atoms with Gasteiger partial charge in [0.1, 0.15) is 6.10 Å². The van der Waals surface area contributed by atoms with E-state index in [4.69, 9.17) is 17.0 Å². The molecule has 0 saturated carbocycles. The molecule has 112 valence electrons. The highest BCUT2D eigenvalue weighted by molar-refractivity contribution is 7.80. The van der Waals surface area contributed by atoms with E-state index in [1.165, 1.54) is 6.92 Å². The highest BCUT2D eigenvalue weighted by Crippen LogP contribution is 2.22. The molecule has 0 bridgehead atoms. The lowest BCUT2D eigenvalue weighted by Crippen LogP contribution is -2.33. The van der Waals surface area contributed by atoms with Gasteiger partial charge in [0.25, 0.3) is 0 Å². The first-order valence-electron chi connectivity index (χ1n) is 6.87. The zero-order chi connectivity index (χ0) is 15.4. The highest BCUT2D eigenvalue weighted by Gasteiger charge is 2.32. The van der Waals surface area contributed by atoms with Gasteiger partial charge in [-0.3, -0.25) is 9.69 Å². The van der Waals surface area contributed by atoms with Gasteiger partial charge in [0, 0.05) is 17.5 Å². The summed E-state index contributed by atoms with van der Waals surface area (Å²) >= 11 is 5.26. The number of nitrogens with zero attached hydrogens (tertiary/aromatic N) is 1. The number of hydrogen-bond donors (Lipinski definition) is 1. The molecule has 21 heavy (non-hydrogen) atoms. The van der Waals surface area contributed by atoms with Crippen molar-refractivity contribution >= 4 is 34.8 Å². The molecule has 1 atom stereocenters. The molecule has 1 fully saturated rings. The summed E-state index contributed by atoms with van der Waals surface area (Å²) in [5.41, 5.74) is 1.77. The van der Waals surface area contributed by atoms with Gasteiger partial charge in [-0.15, -0.1) is 0 Å². The van der Waals surface area contributed by atoms with Gasteiger partial charge in [0.2, 0.25) is 5.91 Å². The number of benzene rings is 1. The van der Waals surface area contributed by atoms with Gasteiger partial charge in [-0.05, 0) is 24.1 Å². The molecule has 0 radical (unpaired) electrons. The van der Waals surface area contributed by atoms with Crippen LogP contribution < -0.4 is 10.2 Å². The van der Waals surface area contributed by atoms with E-state index in [-0.39, 0.29) is 12.0 Å². The highest BCUT2D eigenvalue weighted by atomic mass is 32.1. The molecule has 1 heterocycles. The van der Waals surface area contributed by atoms with E-state index in [9.17, 15) is 9.59 Å². The van der Waals surface area contributed by atoms with E-state index in [0.29, 0.717) is 13.1 Å². The van der Waals surface area contributed by atoms with Gasteiger partial charge in [0.05, 0.1) is 13.1 Å². The van der Waals surface area contributed by atoms with E-state index >= 15 is 0 Å². The minimum absolute atomic E-state index is 0.137. The topological polar surface area (TPSA) is 58.6 Å². The monoisotopic (exact) mass is 306 g/mol. The first-order chi connectivity index (χ1) is 10.0. The lowest BCUT2D eigenvalue weighted by atomic mass is 10.1. The summed E-state index contributed by atoms with van der Waals surface area (Å²) in [6.45, 7) is 4.21. The maximum absolute atomic E-state index is 11.9. The second-order valence-electron chi connectivity index (χ2n) is 4.88. The number of cyclic esters (lactones) is 1. The summed E-state index contributed by atoms with van der Waals surface area (Å²) in [6, 6.07) is 7.55. The smallest absolute Gasteiger partial charge is 0.414 e. The standard InChI is InChI=1S/C15H18N2O3S/c1-3-14(21)11-4-6-12(7-5-11)17-9-13(20-15(17)19)8-16-10(2)18/h4-7,13H,3,8-9H2,1-2H3,(H,16,18). The average molecular weight is 306 g/mol. The van der Waals surface area contributed by atoms with Crippen LogP contribution in [-0.4, -0.2) is 36.1 Å². The molecule has 0 aliphatic carbocycles. The Hall–Kier alpha value is -1.95. The second kappa shape index (κ2) is 6.67. The molecule has 1 unspecified atom stereocenters. The number of ether oxygens (including phenoxy) is 1. The van der Waals surface area contributed by atoms with Crippen molar-refractivity contribution in [3.8, 4) is 0 Å². The molecule has 0 spiro atoms. The number of carbonyl (C=O) groups is 2. The largest absolute Gasteiger partial charge is 0.442 e. The fourth-order valence-electron chi connectivity index (χ4n) is 2.13. The van der Waals surface area contributed by atoms with Crippen molar-refractivity contribution in [3.05, 3.63) is 29.8 Å². The maximum atomic E-state index is 11.9. The van der Waals surface area contributed by atoms with Gasteiger partial charge in [-0.25, -0.2) is 4.79 Å². The third-order valence-electron chi connectivity index (χ3n) is 3.27. The summed E-state index contributed by atoms with van der Waals surface area (Å²) in [6.07, 6.45) is 0.105. The van der Waals surface area contributed by atoms with Crippen LogP contribution in [0.1, 0.15) is 25.8 Å². The Morgan fingerprint density at radius 2 is 2.10 bits per heavy atom. The van der Waals surface area contributed by atoms with E-state index < -0.39 is 6.09 Å². The van der Waals surface area contributed by atoms with Crippen molar-refractivity contribution in [1.29, 1.82) is 0 Å². The predicted octanol–water partition coefficient (Wildman–Crippen LogP) is 2.28. The second-order valence-corrected chi connectivity index (χ2v) is 5.37. The lowest BCUT2D eigenvalue weighted by Gasteiger charge is -2.13. The first-order valence-corrected chi connectivity index (χ1v) is 7.28. The van der Waals surface area contributed by atoms with Gasteiger partial charge < -0.3 is 10.1 Å². The van der Waals surface area contributed by atoms with Crippen molar-refractivity contribution in [2.24, 2.45) is 0 Å². The van der Waals surface area contributed by atoms with Crippen LogP contribution in [0.5, 0.6) is 0 Å². The van der Waals surface area contributed by atoms with Crippen LogP contribution >= 0.6 is 12.2 Å². The third-order valence-corrected chi connectivity index (χ3v) is 3.80. The number of amides is 2. The molecule has 6 heteroatoms. The summed E-state index contributed by atoms with van der Waals surface area (Å²) < 4.78 is 5.22. The van der Waals surface area contributed by atoms with E-state index in [1.807, 2.05) is 31.2 Å².